The van der Waals surface area contributed by atoms with Gasteiger partial charge >= 0.3 is 0 Å². The van der Waals surface area contributed by atoms with Crippen molar-refractivity contribution in [3.05, 3.63) is 28.3 Å². The molecule has 0 atom stereocenters. The maximum Gasteiger partial charge on any atom is 0.238 e. The van der Waals surface area contributed by atoms with E-state index in [1.165, 1.54) is 10.6 Å². The fourth-order valence-electron chi connectivity index (χ4n) is 3.17. The van der Waals surface area contributed by atoms with E-state index in [9.17, 15) is 13.2 Å². The quantitative estimate of drug-likeness (QED) is 0.841. The van der Waals surface area contributed by atoms with Crippen LogP contribution in [0.3, 0.4) is 0 Å². The Morgan fingerprint density at radius 2 is 1.92 bits per heavy atom. The van der Waals surface area contributed by atoms with Crippen LogP contribution in [0.4, 0.5) is 5.69 Å². The van der Waals surface area contributed by atoms with Crippen LogP contribution in [0.15, 0.2) is 12.1 Å². The number of carbonyl (C=O) groups is 1. The highest BCUT2D eigenvalue weighted by Crippen LogP contribution is 2.27. The lowest BCUT2D eigenvalue weighted by Gasteiger charge is -2.35. The number of carbonyl (C=O) groups excluding carboxylic acids is 1. The van der Waals surface area contributed by atoms with Crippen molar-refractivity contribution in [1.29, 1.82) is 0 Å². The minimum Gasteiger partial charge on any atom is -0.323 e. The number of aryl methyl sites for hydroxylation is 2. The van der Waals surface area contributed by atoms with Crippen LogP contribution in [0.1, 0.15) is 24.0 Å². The van der Waals surface area contributed by atoms with Gasteiger partial charge in [-0.2, -0.15) is 0 Å². The lowest BCUT2D eigenvalue weighted by molar-refractivity contribution is -0.117. The van der Waals surface area contributed by atoms with Gasteiger partial charge in [-0.05, 0) is 43.9 Å². The molecule has 0 radical (unpaired) electrons. The zero-order valence-corrected chi connectivity index (χ0v) is 16.7. The number of rotatable bonds is 5. The summed E-state index contributed by atoms with van der Waals surface area (Å²) >= 11 is 6.23. The zero-order chi connectivity index (χ0) is 18.8. The summed E-state index contributed by atoms with van der Waals surface area (Å²) in [5.74, 6) is -0.108. The molecule has 0 spiro atoms. The molecule has 0 saturated carbocycles. The number of benzene rings is 1. The number of likely N-dealkylation sites (tertiary alicyclic amines) is 1. The molecule has 2 rings (SSSR count). The second-order valence-electron chi connectivity index (χ2n) is 6.77. The summed E-state index contributed by atoms with van der Waals surface area (Å²) in [6.45, 7) is 5.54. The van der Waals surface area contributed by atoms with Crippen molar-refractivity contribution in [3.63, 3.8) is 0 Å². The molecule has 1 saturated heterocycles. The Hall–Kier alpha value is -1.15. The summed E-state index contributed by atoms with van der Waals surface area (Å²) in [4.78, 5) is 14.4. The van der Waals surface area contributed by atoms with Crippen molar-refractivity contribution in [2.45, 2.75) is 32.7 Å². The summed E-state index contributed by atoms with van der Waals surface area (Å²) in [6, 6.07) is 3.81. The van der Waals surface area contributed by atoms with Gasteiger partial charge in [0, 0.05) is 26.2 Å². The third-order valence-corrected chi connectivity index (χ3v) is 6.30. The molecule has 1 heterocycles. The molecular formula is C17H26ClN3O3S. The van der Waals surface area contributed by atoms with E-state index < -0.39 is 10.0 Å². The fraction of sp³-hybridized carbons (Fsp3) is 0.588. The first kappa shape index (κ1) is 20.2. The summed E-state index contributed by atoms with van der Waals surface area (Å²) in [7, 11) is -1.56. The molecule has 1 amide bonds. The summed E-state index contributed by atoms with van der Waals surface area (Å²) in [5.41, 5.74) is 2.65. The summed E-state index contributed by atoms with van der Waals surface area (Å²) in [5, 5.41) is 3.43. The van der Waals surface area contributed by atoms with Gasteiger partial charge in [0.2, 0.25) is 15.9 Å². The third-order valence-electron chi connectivity index (χ3n) is 4.66. The van der Waals surface area contributed by atoms with Gasteiger partial charge in [0.05, 0.1) is 23.5 Å². The molecule has 0 bridgehead atoms. The standard InChI is InChI=1S/C17H26ClN3O3S/c1-12-9-13(2)17(15(18)10-12)19-16(22)11-21-7-5-14(6-8-21)20(3)25(4,23)24/h9-10,14H,5-8,11H2,1-4H3,(H,19,22). The van der Waals surface area contributed by atoms with Gasteiger partial charge in [-0.15, -0.1) is 0 Å². The van der Waals surface area contributed by atoms with Crippen molar-refractivity contribution in [2.24, 2.45) is 0 Å². The predicted molar refractivity (Wildman–Crippen MR) is 102 cm³/mol. The number of nitrogens with zero attached hydrogens (tertiary/aromatic N) is 2. The van der Waals surface area contributed by atoms with Crippen LogP contribution in [-0.4, -0.2) is 62.5 Å². The van der Waals surface area contributed by atoms with Crippen LogP contribution in [0.5, 0.6) is 0 Å². The zero-order valence-electron chi connectivity index (χ0n) is 15.2. The van der Waals surface area contributed by atoms with Crippen molar-refractivity contribution >= 4 is 33.2 Å². The summed E-state index contributed by atoms with van der Waals surface area (Å²) in [6.07, 6.45) is 2.67. The Bertz CT molecular complexity index is 721. The topological polar surface area (TPSA) is 69.7 Å². The number of anilines is 1. The van der Waals surface area contributed by atoms with E-state index >= 15 is 0 Å². The molecule has 0 aliphatic carbocycles. The molecule has 1 aromatic rings. The number of sulfonamides is 1. The van der Waals surface area contributed by atoms with E-state index in [1.807, 2.05) is 30.9 Å². The number of piperidine rings is 1. The number of hydrogen-bond donors (Lipinski definition) is 1. The van der Waals surface area contributed by atoms with Crippen molar-refractivity contribution in [2.75, 3.05) is 38.3 Å². The fourth-order valence-corrected chi connectivity index (χ4v) is 4.29. The Morgan fingerprint density at radius 1 is 1.32 bits per heavy atom. The van der Waals surface area contributed by atoms with E-state index in [-0.39, 0.29) is 18.5 Å². The Morgan fingerprint density at radius 3 is 2.44 bits per heavy atom. The lowest BCUT2D eigenvalue weighted by Crippen LogP contribution is -2.47. The van der Waals surface area contributed by atoms with Crippen LogP contribution in [0.2, 0.25) is 5.02 Å². The van der Waals surface area contributed by atoms with Gasteiger partial charge in [-0.1, -0.05) is 17.7 Å². The van der Waals surface area contributed by atoms with E-state index in [2.05, 4.69) is 5.32 Å². The van der Waals surface area contributed by atoms with E-state index in [0.29, 0.717) is 23.8 Å². The minimum absolute atomic E-state index is 0.00287. The van der Waals surface area contributed by atoms with Crippen molar-refractivity contribution in [3.8, 4) is 0 Å². The average Bonchev–Trinajstić information content (AvgIpc) is 2.50. The minimum atomic E-state index is -3.18. The van der Waals surface area contributed by atoms with Crippen LogP contribution in [0, 0.1) is 13.8 Å². The first-order chi connectivity index (χ1) is 11.6. The first-order valence-electron chi connectivity index (χ1n) is 8.30. The molecular weight excluding hydrogens is 362 g/mol. The molecule has 1 aliphatic rings. The highest BCUT2D eigenvalue weighted by atomic mass is 35.5. The number of halogens is 1. The van der Waals surface area contributed by atoms with Gasteiger partial charge in [-0.3, -0.25) is 9.69 Å². The van der Waals surface area contributed by atoms with Crippen LogP contribution < -0.4 is 5.32 Å². The summed E-state index contributed by atoms with van der Waals surface area (Å²) < 4.78 is 24.7. The second kappa shape index (κ2) is 8.03. The Balaban J connectivity index is 1.89. The van der Waals surface area contributed by atoms with E-state index in [1.54, 1.807) is 7.05 Å². The molecule has 1 aromatic carbocycles. The maximum atomic E-state index is 12.3. The molecule has 0 aromatic heterocycles. The monoisotopic (exact) mass is 387 g/mol. The van der Waals surface area contributed by atoms with Gasteiger partial charge in [0.15, 0.2) is 0 Å². The molecule has 6 nitrogen and oxygen atoms in total. The number of hydrogen-bond acceptors (Lipinski definition) is 4. The second-order valence-corrected chi connectivity index (χ2v) is 9.22. The highest BCUT2D eigenvalue weighted by molar-refractivity contribution is 7.88. The van der Waals surface area contributed by atoms with E-state index in [0.717, 1.165) is 24.0 Å². The molecule has 1 N–H and O–H groups in total. The van der Waals surface area contributed by atoms with E-state index in [4.69, 9.17) is 11.6 Å². The molecule has 8 heteroatoms. The van der Waals surface area contributed by atoms with Gasteiger partial charge in [-0.25, -0.2) is 12.7 Å². The number of amides is 1. The van der Waals surface area contributed by atoms with Crippen LogP contribution in [-0.2, 0) is 14.8 Å². The molecule has 25 heavy (non-hydrogen) atoms. The van der Waals surface area contributed by atoms with Gasteiger partial charge in [0.25, 0.3) is 0 Å². The predicted octanol–water partition coefficient (Wildman–Crippen LogP) is 2.25. The number of nitrogens with one attached hydrogen (secondary N) is 1. The lowest BCUT2D eigenvalue weighted by atomic mass is 10.1. The average molecular weight is 388 g/mol. The van der Waals surface area contributed by atoms with Gasteiger partial charge in [0.1, 0.15) is 0 Å². The SMILES string of the molecule is Cc1cc(C)c(NC(=O)CN2CCC(N(C)S(C)(=O)=O)CC2)c(Cl)c1. The Labute approximate surface area is 155 Å². The van der Waals surface area contributed by atoms with Crippen LogP contribution in [0.25, 0.3) is 0 Å². The van der Waals surface area contributed by atoms with Crippen molar-refractivity contribution < 1.29 is 13.2 Å². The molecule has 1 fully saturated rings. The largest absolute Gasteiger partial charge is 0.323 e. The van der Waals surface area contributed by atoms with Gasteiger partial charge < -0.3 is 5.32 Å². The van der Waals surface area contributed by atoms with Crippen molar-refractivity contribution in [1.82, 2.24) is 9.21 Å². The molecule has 140 valence electrons. The third kappa shape index (κ3) is 5.41. The first-order valence-corrected chi connectivity index (χ1v) is 10.5. The smallest absolute Gasteiger partial charge is 0.238 e. The Kier molecular flexibility index (Phi) is 6.48. The molecule has 1 aliphatic heterocycles. The molecule has 0 unspecified atom stereocenters. The maximum absolute atomic E-state index is 12.3. The normalized spacial score (nSPS) is 17.0. The van der Waals surface area contributed by atoms with Crippen LogP contribution >= 0.6 is 11.6 Å². The highest BCUT2D eigenvalue weighted by Gasteiger charge is 2.27.